The highest BCUT2D eigenvalue weighted by Crippen LogP contribution is 2.28. The van der Waals surface area contributed by atoms with E-state index in [9.17, 15) is 0 Å². The third-order valence-corrected chi connectivity index (χ3v) is 3.39. The third-order valence-electron chi connectivity index (χ3n) is 3.39. The molecule has 0 spiro atoms. The summed E-state index contributed by atoms with van der Waals surface area (Å²) in [5.41, 5.74) is 4.21. The molecule has 1 aromatic carbocycles. The van der Waals surface area contributed by atoms with E-state index < -0.39 is 0 Å². The van der Waals surface area contributed by atoms with Gasteiger partial charge in [-0.1, -0.05) is 30.7 Å². The Morgan fingerprint density at radius 1 is 1.31 bits per heavy atom. The Hall–Kier alpha value is -0.860. The number of nitrogens with one attached hydrogen (secondary N) is 1. The molecule has 0 radical (unpaired) electrons. The SMILES string of the molecule is Cc1ccc(C2(C)CNCCOC2)c(C)c1. The molecule has 0 aromatic heterocycles. The highest BCUT2D eigenvalue weighted by molar-refractivity contribution is 5.36. The summed E-state index contributed by atoms with van der Waals surface area (Å²) in [7, 11) is 0. The number of benzene rings is 1. The first-order valence-electron chi connectivity index (χ1n) is 5.98. The van der Waals surface area contributed by atoms with Gasteiger partial charge in [-0.05, 0) is 25.0 Å². The maximum Gasteiger partial charge on any atom is 0.0591 e. The van der Waals surface area contributed by atoms with Crippen LogP contribution in [-0.2, 0) is 10.2 Å². The predicted molar refractivity (Wildman–Crippen MR) is 67.0 cm³/mol. The summed E-state index contributed by atoms with van der Waals surface area (Å²) in [5, 5.41) is 3.45. The minimum absolute atomic E-state index is 0.105. The smallest absolute Gasteiger partial charge is 0.0591 e. The molecule has 16 heavy (non-hydrogen) atoms. The normalized spacial score (nSPS) is 26.4. The van der Waals surface area contributed by atoms with Crippen LogP contribution in [0.3, 0.4) is 0 Å². The van der Waals surface area contributed by atoms with Crippen molar-refractivity contribution in [3.63, 3.8) is 0 Å². The lowest BCUT2D eigenvalue weighted by atomic mass is 9.80. The monoisotopic (exact) mass is 219 g/mol. The maximum absolute atomic E-state index is 5.69. The molecule has 1 fully saturated rings. The molecule has 1 atom stereocenters. The van der Waals surface area contributed by atoms with E-state index in [4.69, 9.17) is 4.74 Å². The van der Waals surface area contributed by atoms with E-state index in [1.54, 1.807) is 0 Å². The van der Waals surface area contributed by atoms with Gasteiger partial charge in [0.1, 0.15) is 0 Å². The van der Waals surface area contributed by atoms with Crippen LogP contribution in [0, 0.1) is 13.8 Å². The zero-order valence-corrected chi connectivity index (χ0v) is 10.5. The summed E-state index contributed by atoms with van der Waals surface area (Å²) in [6, 6.07) is 6.70. The molecular formula is C14H21NO. The first-order valence-corrected chi connectivity index (χ1v) is 5.98. The van der Waals surface area contributed by atoms with Gasteiger partial charge in [-0.15, -0.1) is 0 Å². The molecule has 2 rings (SSSR count). The van der Waals surface area contributed by atoms with Crippen LogP contribution in [0.1, 0.15) is 23.6 Å². The molecule has 0 bridgehead atoms. The van der Waals surface area contributed by atoms with Crippen molar-refractivity contribution in [1.82, 2.24) is 5.32 Å². The molecule has 0 saturated carbocycles. The van der Waals surface area contributed by atoms with Gasteiger partial charge in [-0.2, -0.15) is 0 Å². The van der Waals surface area contributed by atoms with Gasteiger partial charge in [0, 0.05) is 18.5 Å². The number of hydrogen-bond donors (Lipinski definition) is 1. The van der Waals surface area contributed by atoms with Crippen LogP contribution in [0.2, 0.25) is 0 Å². The highest BCUT2D eigenvalue weighted by Gasteiger charge is 2.29. The summed E-state index contributed by atoms with van der Waals surface area (Å²) in [6.07, 6.45) is 0. The van der Waals surface area contributed by atoms with Gasteiger partial charge in [0.05, 0.1) is 13.2 Å². The largest absolute Gasteiger partial charge is 0.379 e. The number of hydrogen-bond acceptors (Lipinski definition) is 2. The van der Waals surface area contributed by atoms with E-state index >= 15 is 0 Å². The van der Waals surface area contributed by atoms with Crippen molar-refractivity contribution in [1.29, 1.82) is 0 Å². The van der Waals surface area contributed by atoms with E-state index in [0.717, 1.165) is 26.3 Å². The van der Waals surface area contributed by atoms with Crippen molar-refractivity contribution < 1.29 is 4.74 Å². The maximum atomic E-state index is 5.69. The molecule has 1 aliphatic rings. The van der Waals surface area contributed by atoms with Gasteiger partial charge in [0.15, 0.2) is 0 Å². The second-order valence-electron chi connectivity index (χ2n) is 5.11. The van der Waals surface area contributed by atoms with Gasteiger partial charge < -0.3 is 10.1 Å². The van der Waals surface area contributed by atoms with Crippen LogP contribution in [0.25, 0.3) is 0 Å². The molecule has 1 heterocycles. The summed E-state index contributed by atoms with van der Waals surface area (Å²) in [5.74, 6) is 0. The van der Waals surface area contributed by atoms with E-state index in [1.165, 1.54) is 16.7 Å². The molecule has 1 aliphatic heterocycles. The average molecular weight is 219 g/mol. The van der Waals surface area contributed by atoms with Crippen LogP contribution < -0.4 is 5.32 Å². The van der Waals surface area contributed by atoms with Crippen molar-refractivity contribution in [3.8, 4) is 0 Å². The minimum Gasteiger partial charge on any atom is -0.379 e. The molecule has 1 unspecified atom stereocenters. The molecule has 1 saturated heterocycles. The Balaban J connectivity index is 2.33. The Morgan fingerprint density at radius 2 is 2.12 bits per heavy atom. The average Bonchev–Trinajstić information content (AvgIpc) is 2.43. The Labute approximate surface area is 98.0 Å². The number of rotatable bonds is 1. The zero-order chi connectivity index (χ0) is 11.6. The van der Waals surface area contributed by atoms with Crippen molar-refractivity contribution in [3.05, 3.63) is 34.9 Å². The van der Waals surface area contributed by atoms with E-state index in [2.05, 4.69) is 44.3 Å². The number of ether oxygens (including phenoxy) is 1. The molecule has 2 nitrogen and oxygen atoms in total. The van der Waals surface area contributed by atoms with Crippen LogP contribution in [0.5, 0.6) is 0 Å². The van der Waals surface area contributed by atoms with Crippen molar-refractivity contribution in [2.45, 2.75) is 26.2 Å². The molecular weight excluding hydrogens is 198 g/mol. The number of aryl methyl sites for hydroxylation is 2. The van der Waals surface area contributed by atoms with Gasteiger partial charge >= 0.3 is 0 Å². The molecule has 1 aromatic rings. The van der Waals surface area contributed by atoms with Crippen LogP contribution in [0.4, 0.5) is 0 Å². The lowest BCUT2D eigenvalue weighted by Crippen LogP contribution is -2.37. The standard InChI is InChI=1S/C14H21NO/c1-11-4-5-13(12(2)8-11)14(3)9-15-6-7-16-10-14/h4-5,8,15H,6-7,9-10H2,1-3H3. The van der Waals surface area contributed by atoms with Crippen molar-refractivity contribution in [2.75, 3.05) is 26.3 Å². The van der Waals surface area contributed by atoms with Crippen LogP contribution in [0.15, 0.2) is 18.2 Å². The van der Waals surface area contributed by atoms with Crippen LogP contribution in [-0.4, -0.2) is 26.3 Å². The molecule has 2 heteroatoms. The lowest BCUT2D eigenvalue weighted by molar-refractivity contribution is 0.113. The summed E-state index contributed by atoms with van der Waals surface area (Å²) >= 11 is 0. The lowest BCUT2D eigenvalue weighted by Gasteiger charge is -2.29. The van der Waals surface area contributed by atoms with Crippen molar-refractivity contribution in [2.24, 2.45) is 0 Å². The van der Waals surface area contributed by atoms with E-state index in [1.807, 2.05) is 0 Å². The first-order chi connectivity index (χ1) is 7.62. The van der Waals surface area contributed by atoms with Gasteiger partial charge in [-0.25, -0.2) is 0 Å². The minimum atomic E-state index is 0.105. The fraction of sp³-hybridized carbons (Fsp3) is 0.571. The summed E-state index contributed by atoms with van der Waals surface area (Å²) in [4.78, 5) is 0. The zero-order valence-electron chi connectivity index (χ0n) is 10.5. The fourth-order valence-electron chi connectivity index (χ4n) is 2.52. The van der Waals surface area contributed by atoms with Crippen molar-refractivity contribution >= 4 is 0 Å². The fourth-order valence-corrected chi connectivity index (χ4v) is 2.52. The Kier molecular flexibility index (Phi) is 3.31. The van der Waals surface area contributed by atoms with Gasteiger partial charge in [0.2, 0.25) is 0 Å². The predicted octanol–water partition coefficient (Wildman–Crippen LogP) is 2.18. The first kappa shape index (κ1) is 11.6. The molecule has 0 aliphatic carbocycles. The summed E-state index contributed by atoms with van der Waals surface area (Å²) < 4.78 is 5.69. The second kappa shape index (κ2) is 4.56. The highest BCUT2D eigenvalue weighted by atomic mass is 16.5. The van der Waals surface area contributed by atoms with E-state index in [-0.39, 0.29) is 5.41 Å². The topological polar surface area (TPSA) is 21.3 Å². The quantitative estimate of drug-likeness (QED) is 0.781. The Morgan fingerprint density at radius 3 is 2.88 bits per heavy atom. The molecule has 1 N–H and O–H groups in total. The second-order valence-corrected chi connectivity index (χ2v) is 5.11. The van der Waals surface area contributed by atoms with Gasteiger partial charge in [-0.3, -0.25) is 0 Å². The van der Waals surface area contributed by atoms with Crippen LogP contribution >= 0.6 is 0 Å². The molecule has 0 amide bonds. The Bertz CT molecular complexity index is 365. The van der Waals surface area contributed by atoms with Gasteiger partial charge in [0.25, 0.3) is 0 Å². The molecule has 88 valence electrons. The summed E-state index contributed by atoms with van der Waals surface area (Å²) in [6.45, 7) is 10.2. The van der Waals surface area contributed by atoms with E-state index in [0.29, 0.717) is 0 Å². The third kappa shape index (κ3) is 2.28.